The molecule has 0 saturated carbocycles. The van der Waals surface area contributed by atoms with Crippen molar-refractivity contribution in [2.45, 2.75) is 45.3 Å². The summed E-state index contributed by atoms with van der Waals surface area (Å²) < 4.78 is 22.2. The molecule has 162 valence electrons. The molecule has 2 rings (SSSR count). The van der Waals surface area contributed by atoms with E-state index in [9.17, 15) is 9.59 Å². The maximum Gasteiger partial charge on any atom is 0.410 e. The number of nitrogens with zero attached hydrogens (tertiary/aromatic N) is 2. The number of carbonyl (C=O) groups excluding carboxylic acids is 2. The number of amides is 2. The Morgan fingerprint density at radius 2 is 1.66 bits per heavy atom. The predicted octanol–water partition coefficient (Wildman–Crippen LogP) is 2.94. The van der Waals surface area contributed by atoms with Gasteiger partial charge in [0.2, 0.25) is 11.7 Å². The Balaban J connectivity index is 1.88. The first kappa shape index (κ1) is 22.6. The molecule has 1 heterocycles. The third-order valence-corrected chi connectivity index (χ3v) is 4.54. The number of likely N-dealkylation sites (N-methyl/N-ethyl adjacent to an activating group) is 1. The molecule has 29 heavy (non-hydrogen) atoms. The summed E-state index contributed by atoms with van der Waals surface area (Å²) in [5, 5.41) is 0. The van der Waals surface area contributed by atoms with E-state index in [0.29, 0.717) is 43.2 Å². The Morgan fingerprint density at radius 1 is 1.10 bits per heavy atom. The molecule has 0 bridgehead atoms. The molecule has 0 unspecified atom stereocenters. The Kier molecular flexibility index (Phi) is 7.59. The molecule has 2 amide bonds. The summed E-state index contributed by atoms with van der Waals surface area (Å²) in [6, 6.07) is 5.49. The van der Waals surface area contributed by atoms with Crippen molar-refractivity contribution in [3.05, 3.63) is 18.2 Å². The summed E-state index contributed by atoms with van der Waals surface area (Å²) >= 11 is 0. The number of para-hydroxylation sites is 1. The minimum Gasteiger partial charge on any atom is -0.493 e. The Hall–Kier alpha value is -2.64. The van der Waals surface area contributed by atoms with Gasteiger partial charge in [0.1, 0.15) is 18.2 Å². The van der Waals surface area contributed by atoms with E-state index in [-0.39, 0.29) is 18.6 Å². The van der Waals surface area contributed by atoms with E-state index in [0.717, 1.165) is 0 Å². The molecular weight excluding hydrogens is 376 g/mol. The van der Waals surface area contributed by atoms with Crippen LogP contribution in [-0.4, -0.2) is 74.4 Å². The minimum atomic E-state index is -0.594. The summed E-state index contributed by atoms with van der Waals surface area (Å²) in [5.41, 5.74) is -0.594. The van der Waals surface area contributed by atoms with E-state index < -0.39 is 11.7 Å². The topological polar surface area (TPSA) is 77.5 Å². The number of piperidine rings is 1. The zero-order valence-electron chi connectivity index (χ0n) is 18.2. The molecule has 1 saturated heterocycles. The van der Waals surface area contributed by atoms with E-state index in [1.54, 1.807) is 46.9 Å². The first-order valence-corrected chi connectivity index (χ1v) is 9.74. The van der Waals surface area contributed by atoms with E-state index >= 15 is 0 Å². The maximum absolute atomic E-state index is 12.5. The molecule has 0 spiro atoms. The second kappa shape index (κ2) is 9.71. The zero-order valence-corrected chi connectivity index (χ0v) is 18.2. The predicted molar refractivity (Wildman–Crippen MR) is 109 cm³/mol. The molecule has 0 atom stereocenters. The highest BCUT2D eigenvalue weighted by Crippen LogP contribution is 2.38. The summed E-state index contributed by atoms with van der Waals surface area (Å²) in [5.74, 6) is 1.70. The highest BCUT2D eigenvalue weighted by atomic mass is 16.6. The Bertz CT molecular complexity index is 685. The smallest absolute Gasteiger partial charge is 0.410 e. The second-order valence-corrected chi connectivity index (χ2v) is 8.03. The molecule has 0 aliphatic carbocycles. The third-order valence-electron chi connectivity index (χ3n) is 4.54. The molecule has 1 aliphatic rings. The van der Waals surface area contributed by atoms with Gasteiger partial charge in [-0.15, -0.1) is 0 Å². The van der Waals surface area contributed by atoms with Crippen molar-refractivity contribution >= 4 is 12.0 Å². The van der Waals surface area contributed by atoms with Crippen LogP contribution in [0.1, 0.15) is 33.6 Å². The largest absolute Gasteiger partial charge is 0.493 e. The van der Waals surface area contributed by atoms with Gasteiger partial charge in [0.15, 0.2) is 11.5 Å². The molecule has 0 aromatic heterocycles. The Labute approximate surface area is 172 Å². The van der Waals surface area contributed by atoms with Crippen LogP contribution in [0.25, 0.3) is 0 Å². The van der Waals surface area contributed by atoms with Crippen LogP contribution in [-0.2, 0) is 9.53 Å². The molecule has 0 radical (unpaired) electrons. The van der Waals surface area contributed by atoms with Gasteiger partial charge in [0.25, 0.3) is 0 Å². The van der Waals surface area contributed by atoms with Crippen molar-refractivity contribution in [1.82, 2.24) is 9.80 Å². The van der Waals surface area contributed by atoms with Gasteiger partial charge >= 0.3 is 6.09 Å². The van der Waals surface area contributed by atoms with Crippen molar-refractivity contribution < 1.29 is 28.5 Å². The van der Waals surface area contributed by atoms with Crippen LogP contribution in [0.15, 0.2) is 18.2 Å². The molecule has 0 N–H and O–H groups in total. The average Bonchev–Trinajstić information content (AvgIpc) is 2.67. The van der Waals surface area contributed by atoms with Crippen LogP contribution in [0, 0.1) is 0 Å². The highest BCUT2D eigenvalue weighted by Gasteiger charge is 2.28. The number of rotatable bonds is 6. The summed E-state index contributed by atoms with van der Waals surface area (Å²) in [7, 11) is 4.74. The molecule has 1 aromatic carbocycles. The van der Waals surface area contributed by atoms with Crippen LogP contribution in [0.5, 0.6) is 17.2 Å². The van der Waals surface area contributed by atoms with Crippen LogP contribution in [0.3, 0.4) is 0 Å². The minimum absolute atomic E-state index is 0.0131. The van der Waals surface area contributed by atoms with E-state index in [1.165, 1.54) is 4.90 Å². The van der Waals surface area contributed by atoms with Crippen LogP contribution in [0.4, 0.5) is 4.79 Å². The van der Waals surface area contributed by atoms with Crippen LogP contribution in [0.2, 0.25) is 0 Å². The van der Waals surface area contributed by atoms with Crippen molar-refractivity contribution in [1.29, 1.82) is 0 Å². The van der Waals surface area contributed by atoms with E-state index in [4.69, 9.17) is 18.9 Å². The van der Waals surface area contributed by atoms with Crippen molar-refractivity contribution in [2.24, 2.45) is 0 Å². The van der Waals surface area contributed by atoms with Crippen molar-refractivity contribution in [3.63, 3.8) is 0 Å². The number of methoxy groups -OCH3 is 2. The van der Waals surface area contributed by atoms with Gasteiger partial charge in [-0.3, -0.25) is 4.79 Å². The maximum atomic E-state index is 12.5. The lowest BCUT2D eigenvalue weighted by Crippen LogP contribution is -2.47. The monoisotopic (exact) mass is 408 g/mol. The number of hydrogen-bond acceptors (Lipinski definition) is 6. The van der Waals surface area contributed by atoms with Crippen molar-refractivity contribution in [3.8, 4) is 17.2 Å². The molecule has 1 fully saturated rings. The van der Waals surface area contributed by atoms with Crippen LogP contribution >= 0.6 is 0 Å². The lowest BCUT2D eigenvalue weighted by molar-refractivity contribution is -0.133. The fourth-order valence-corrected chi connectivity index (χ4v) is 3.03. The van der Waals surface area contributed by atoms with E-state index in [2.05, 4.69) is 0 Å². The number of benzene rings is 1. The zero-order chi connectivity index (χ0) is 21.6. The first-order chi connectivity index (χ1) is 13.6. The quantitative estimate of drug-likeness (QED) is 0.720. The van der Waals surface area contributed by atoms with Crippen molar-refractivity contribution in [2.75, 3.05) is 40.9 Å². The van der Waals surface area contributed by atoms with E-state index in [1.807, 2.05) is 18.2 Å². The SMILES string of the molecule is COc1cccc(OC)c1OC1CCN(C(=O)CN(C)C(=O)OC(C)(C)C)CC1. The molecule has 8 heteroatoms. The molecule has 1 aromatic rings. The van der Waals surface area contributed by atoms with Gasteiger partial charge in [-0.1, -0.05) is 6.07 Å². The lowest BCUT2D eigenvalue weighted by Gasteiger charge is -2.33. The number of likely N-dealkylation sites (tertiary alicyclic amines) is 1. The molecule has 8 nitrogen and oxygen atoms in total. The van der Waals surface area contributed by atoms with Gasteiger partial charge < -0.3 is 28.7 Å². The normalized spacial score (nSPS) is 14.9. The van der Waals surface area contributed by atoms with Gasteiger partial charge in [-0.05, 0) is 32.9 Å². The summed E-state index contributed by atoms with van der Waals surface area (Å²) in [4.78, 5) is 27.6. The van der Waals surface area contributed by atoms with Gasteiger partial charge in [-0.25, -0.2) is 4.79 Å². The lowest BCUT2D eigenvalue weighted by atomic mass is 10.1. The first-order valence-electron chi connectivity index (χ1n) is 9.74. The second-order valence-electron chi connectivity index (χ2n) is 8.03. The standard InChI is InChI=1S/C21H32N2O6/c1-21(2,3)29-20(25)22(4)14-18(24)23-12-10-15(11-13-23)28-19-16(26-5)8-7-9-17(19)27-6/h7-9,15H,10-14H2,1-6H3. The fourth-order valence-electron chi connectivity index (χ4n) is 3.03. The molecule has 1 aliphatic heterocycles. The van der Waals surface area contributed by atoms with Gasteiger partial charge in [0, 0.05) is 33.0 Å². The summed E-state index contributed by atoms with van der Waals surface area (Å²) in [6.07, 6.45) is 0.812. The summed E-state index contributed by atoms with van der Waals surface area (Å²) in [6.45, 7) is 6.49. The highest BCUT2D eigenvalue weighted by molar-refractivity contribution is 5.82. The number of carbonyl (C=O) groups is 2. The fraction of sp³-hybridized carbons (Fsp3) is 0.619. The average molecular weight is 408 g/mol. The van der Waals surface area contributed by atoms with Gasteiger partial charge in [0.05, 0.1) is 14.2 Å². The number of ether oxygens (including phenoxy) is 4. The number of hydrogen-bond donors (Lipinski definition) is 0. The molecular formula is C21H32N2O6. The van der Waals surface area contributed by atoms with Gasteiger partial charge in [-0.2, -0.15) is 0 Å². The third kappa shape index (κ3) is 6.44. The Morgan fingerprint density at radius 3 is 2.14 bits per heavy atom. The van der Waals surface area contributed by atoms with Crippen LogP contribution < -0.4 is 14.2 Å².